The third-order valence-electron chi connectivity index (χ3n) is 2.49. The molecule has 0 amide bonds. The van der Waals surface area contributed by atoms with E-state index in [1.54, 1.807) is 36.4 Å². The van der Waals surface area contributed by atoms with Crippen molar-refractivity contribution in [1.29, 1.82) is 0 Å². The second-order valence-corrected chi connectivity index (χ2v) is 5.26. The fourth-order valence-electron chi connectivity index (χ4n) is 1.58. The van der Waals surface area contributed by atoms with Crippen molar-refractivity contribution in [3.63, 3.8) is 0 Å². The van der Waals surface area contributed by atoms with Crippen LogP contribution in [0.4, 0.5) is 4.79 Å². The lowest BCUT2D eigenvalue weighted by atomic mass is 10.2. The molecule has 2 aromatic carbocycles. The van der Waals surface area contributed by atoms with E-state index in [4.69, 9.17) is 44.6 Å². The van der Waals surface area contributed by atoms with E-state index in [2.05, 4.69) is 4.74 Å². The lowest BCUT2D eigenvalue weighted by molar-refractivity contribution is 0.0849. The minimum absolute atomic E-state index is 0.184. The summed E-state index contributed by atoms with van der Waals surface area (Å²) in [6.07, 6.45) is -1.38. The molecule has 2 aromatic rings. The van der Waals surface area contributed by atoms with Gasteiger partial charge in [0.15, 0.2) is 0 Å². The van der Waals surface area contributed by atoms with Gasteiger partial charge in [0.2, 0.25) is 0 Å². The van der Waals surface area contributed by atoms with Crippen LogP contribution >= 0.6 is 34.8 Å². The van der Waals surface area contributed by atoms with Gasteiger partial charge in [0.05, 0.1) is 5.02 Å². The standard InChI is InChI=1S/C14H9Cl3O4/c15-9-1-3-12(8(5-9)7-20-14(18)19)21-13-4-2-10(16)6-11(13)17/h1-6H,7H2,(H,18,19). The third kappa shape index (κ3) is 4.43. The van der Waals surface area contributed by atoms with Crippen LogP contribution in [0.15, 0.2) is 36.4 Å². The van der Waals surface area contributed by atoms with E-state index in [0.717, 1.165) is 0 Å². The topological polar surface area (TPSA) is 55.8 Å². The van der Waals surface area contributed by atoms with Gasteiger partial charge in [0.25, 0.3) is 0 Å². The van der Waals surface area contributed by atoms with Gasteiger partial charge in [-0.2, -0.15) is 0 Å². The first-order chi connectivity index (χ1) is 9.95. The average Bonchev–Trinajstić information content (AvgIpc) is 2.41. The molecule has 110 valence electrons. The van der Waals surface area contributed by atoms with Gasteiger partial charge in [-0.3, -0.25) is 0 Å². The number of hydrogen-bond donors (Lipinski definition) is 1. The average molecular weight is 348 g/mol. The minimum atomic E-state index is -1.38. The Morgan fingerprint density at radius 3 is 2.24 bits per heavy atom. The maximum absolute atomic E-state index is 10.5. The van der Waals surface area contributed by atoms with E-state index >= 15 is 0 Å². The number of ether oxygens (including phenoxy) is 2. The Bertz CT molecular complexity index is 673. The van der Waals surface area contributed by atoms with E-state index in [0.29, 0.717) is 32.1 Å². The molecule has 0 aliphatic carbocycles. The van der Waals surface area contributed by atoms with Crippen molar-refractivity contribution in [1.82, 2.24) is 0 Å². The van der Waals surface area contributed by atoms with Crippen LogP contribution in [0, 0.1) is 0 Å². The normalized spacial score (nSPS) is 10.2. The first-order valence-corrected chi connectivity index (χ1v) is 6.86. The first-order valence-electron chi connectivity index (χ1n) is 5.73. The maximum Gasteiger partial charge on any atom is 0.506 e. The Balaban J connectivity index is 2.28. The number of carbonyl (C=O) groups is 1. The van der Waals surface area contributed by atoms with Crippen LogP contribution in [-0.2, 0) is 11.3 Å². The highest BCUT2D eigenvalue weighted by atomic mass is 35.5. The van der Waals surface area contributed by atoms with E-state index in [1.807, 2.05) is 0 Å². The lowest BCUT2D eigenvalue weighted by Crippen LogP contribution is -2.01. The summed E-state index contributed by atoms with van der Waals surface area (Å²) >= 11 is 17.7. The van der Waals surface area contributed by atoms with Gasteiger partial charge in [-0.25, -0.2) is 4.79 Å². The van der Waals surface area contributed by atoms with Crippen molar-refractivity contribution in [2.45, 2.75) is 6.61 Å². The fourth-order valence-corrected chi connectivity index (χ4v) is 2.22. The predicted molar refractivity (Wildman–Crippen MR) is 80.8 cm³/mol. The molecule has 0 aliphatic heterocycles. The highest BCUT2D eigenvalue weighted by molar-refractivity contribution is 6.35. The Kier molecular flexibility index (Phi) is 5.17. The molecule has 0 atom stereocenters. The molecular formula is C14H9Cl3O4. The van der Waals surface area contributed by atoms with Gasteiger partial charge in [0.1, 0.15) is 18.1 Å². The van der Waals surface area contributed by atoms with Gasteiger partial charge in [-0.15, -0.1) is 0 Å². The minimum Gasteiger partial charge on any atom is -0.455 e. The first kappa shape index (κ1) is 15.8. The SMILES string of the molecule is O=C(O)OCc1cc(Cl)ccc1Oc1ccc(Cl)cc1Cl. The second-order valence-electron chi connectivity index (χ2n) is 3.98. The maximum atomic E-state index is 10.5. The van der Waals surface area contributed by atoms with Crippen molar-refractivity contribution in [3.8, 4) is 11.5 Å². The van der Waals surface area contributed by atoms with Crippen LogP contribution in [0.25, 0.3) is 0 Å². The second kappa shape index (κ2) is 6.89. The van der Waals surface area contributed by atoms with Crippen LogP contribution in [0.1, 0.15) is 5.56 Å². The number of benzene rings is 2. The van der Waals surface area contributed by atoms with Gasteiger partial charge in [-0.1, -0.05) is 34.8 Å². The molecule has 0 bridgehead atoms. The molecular weight excluding hydrogens is 339 g/mol. The van der Waals surface area contributed by atoms with Crippen LogP contribution < -0.4 is 4.74 Å². The van der Waals surface area contributed by atoms with Crippen molar-refractivity contribution in [2.24, 2.45) is 0 Å². The molecule has 0 unspecified atom stereocenters. The molecule has 7 heteroatoms. The highest BCUT2D eigenvalue weighted by Gasteiger charge is 2.11. The van der Waals surface area contributed by atoms with Crippen LogP contribution in [0.3, 0.4) is 0 Å². The monoisotopic (exact) mass is 346 g/mol. The van der Waals surface area contributed by atoms with Crippen molar-refractivity contribution in [3.05, 3.63) is 57.0 Å². The van der Waals surface area contributed by atoms with E-state index in [9.17, 15) is 4.79 Å². The van der Waals surface area contributed by atoms with Gasteiger partial charge >= 0.3 is 6.16 Å². The zero-order valence-electron chi connectivity index (χ0n) is 10.5. The molecule has 0 spiro atoms. The van der Waals surface area contributed by atoms with Crippen LogP contribution in [0.2, 0.25) is 15.1 Å². The molecule has 0 saturated carbocycles. The summed E-state index contributed by atoms with van der Waals surface area (Å²) in [5, 5.41) is 9.83. The lowest BCUT2D eigenvalue weighted by Gasteiger charge is -2.12. The van der Waals surface area contributed by atoms with E-state index in [-0.39, 0.29) is 6.61 Å². The van der Waals surface area contributed by atoms with Crippen molar-refractivity contribution < 1.29 is 19.4 Å². The zero-order chi connectivity index (χ0) is 15.4. The Morgan fingerprint density at radius 1 is 1.00 bits per heavy atom. The molecule has 4 nitrogen and oxygen atoms in total. The van der Waals surface area contributed by atoms with Crippen molar-refractivity contribution in [2.75, 3.05) is 0 Å². The van der Waals surface area contributed by atoms with Crippen LogP contribution in [-0.4, -0.2) is 11.3 Å². The van der Waals surface area contributed by atoms with Gasteiger partial charge in [0, 0.05) is 15.6 Å². The summed E-state index contributed by atoms with van der Waals surface area (Å²) in [7, 11) is 0. The largest absolute Gasteiger partial charge is 0.506 e. The summed E-state index contributed by atoms with van der Waals surface area (Å²) in [5.74, 6) is 0.782. The number of halogens is 3. The Hall–Kier alpha value is -1.62. The number of hydrogen-bond acceptors (Lipinski definition) is 3. The zero-order valence-corrected chi connectivity index (χ0v) is 12.7. The molecule has 0 aliphatic rings. The third-order valence-corrected chi connectivity index (χ3v) is 3.25. The summed E-state index contributed by atoms with van der Waals surface area (Å²) in [4.78, 5) is 10.5. The van der Waals surface area contributed by atoms with Gasteiger partial charge < -0.3 is 14.6 Å². The summed E-state index contributed by atoms with van der Waals surface area (Å²) in [5.41, 5.74) is 0.482. The number of carboxylic acid groups (broad SMARTS) is 1. The Morgan fingerprint density at radius 2 is 1.62 bits per heavy atom. The smallest absolute Gasteiger partial charge is 0.455 e. The molecule has 0 radical (unpaired) electrons. The molecule has 0 fully saturated rings. The molecule has 0 aromatic heterocycles. The fraction of sp³-hybridized carbons (Fsp3) is 0.0714. The quantitative estimate of drug-likeness (QED) is 0.728. The van der Waals surface area contributed by atoms with Gasteiger partial charge in [-0.05, 0) is 36.4 Å². The molecule has 2 rings (SSSR count). The summed E-state index contributed by atoms with van der Waals surface area (Å²) < 4.78 is 10.2. The van der Waals surface area contributed by atoms with Crippen LogP contribution in [0.5, 0.6) is 11.5 Å². The number of rotatable bonds is 4. The summed E-state index contributed by atoms with van der Waals surface area (Å²) in [6.45, 7) is -0.184. The summed E-state index contributed by atoms with van der Waals surface area (Å²) in [6, 6.07) is 9.57. The predicted octanol–water partition coefficient (Wildman–Crippen LogP) is 5.63. The molecule has 0 saturated heterocycles. The highest BCUT2D eigenvalue weighted by Crippen LogP contribution is 2.34. The molecule has 0 heterocycles. The van der Waals surface area contributed by atoms with E-state index in [1.165, 1.54) is 0 Å². The molecule has 1 N–H and O–H groups in total. The van der Waals surface area contributed by atoms with Crippen molar-refractivity contribution >= 4 is 41.0 Å². The molecule has 21 heavy (non-hydrogen) atoms. The van der Waals surface area contributed by atoms with E-state index < -0.39 is 6.16 Å². The Labute approximate surface area is 135 Å².